The fraction of sp³-hybridized carbons (Fsp3) is 0.0667. The van der Waals surface area contributed by atoms with Gasteiger partial charge in [0.25, 0.3) is 0 Å². The van der Waals surface area contributed by atoms with Crippen LogP contribution in [0.25, 0.3) is 22.2 Å². The Labute approximate surface area is 125 Å². The number of aromatic nitrogens is 6. The number of anilines is 1. The first-order valence-corrected chi connectivity index (χ1v) is 6.83. The number of imidazole rings is 2. The quantitative estimate of drug-likeness (QED) is 0.502. The van der Waals surface area contributed by atoms with Crippen LogP contribution in [-0.4, -0.2) is 29.9 Å². The van der Waals surface area contributed by atoms with E-state index in [4.69, 9.17) is 0 Å². The minimum absolute atomic E-state index is 0.200. The molecule has 22 heavy (non-hydrogen) atoms. The molecule has 1 atom stereocenters. The van der Waals surface area contributed by atoms with E-state index in [2.05, 4.69) is 41.8 Å². The molecule has 0 aliphatic carbocycles. The number of nitrogens with one attached hydrogen (secondary N) is 3. The van der Waals surface area contributed by atoms with Gasteiger partial charge in [-0.05, 0) is 12.1 Å². The number of fused-ring (bicyclic) bond motifs is 2. The van der Waals surface area contributed by atoms with Crippen molar-refractivity contribution in [2.24, 2.45) is 0 Å². The van der Waals surface area contributed by atoms with Gasteiger partial charge in [0.15, 0.2) is 11.5 Å². The van der Waals surface area contributed by atoms with Gasteiger partial charge in [0.1, 0.15) is 23.7 Å². The molecule has 0 saturated heterocycles. The highest BCUT2D eigenvalue weighted by atomic mass is 15.1. The van der Waals surface area contributed by atoms with E-state index in [1.54, 1.807) is 12.4 Å². The molecule has 3 heterocycles. The summed E-state index contributed by atoms with van der Waals surface area (Å²) in [5.74, 6) is 1.44. The molecule has 7 nitrogen and oxygen atoms in total. The van der Waals surface area contributed by atoms with Crippen LogP contribution in [0.1, 0.15) is 11.9 Å². The van der Waals surface area contributed by atoms with Gasteiger partial charge in [-0.3, -0.25) is 0 Å². The van der Waals surface area contributed by atoms with E-state index >= 15 is 0 Å². The van der Waals surface area contributed by atoms with Gasteiger partial charge in [0.2, 0.25) is 0 Å². The van der Waals surface area contributed by atoms with Crippen LogP contribution < -0.4 is 5.32 Å². The minimum atomic E-state index is -0.200. The topological polar surface area (TPSA) is 95.2 Å². The van der Waals surface area contributed by atoms with E-state index in [0.29, 0.717) is 11.5 Å². The molecule has 4 aromatic rings. The second-order valence-electron chi connectivity index (χ2n) is 4.82. The first kappa shape index (κ1) is 12.5. The molecule has 0 spiro atoms. The SMILES string of the molecule is C=CC(Nc1ncnc2nc[nH]c12)c1nc2ccccc2[nH]1. The molecule has 4 rings (SSSR count). The second kappa shape index (κ2) is 4.96. The van der Waals surface area contributed by atoms with Gasteiger partial charge >= 0.3 is 0 Å². The molecule has 0 amide bonds. The average molecular weight is 291 g/mol. The third-order valence-electron chi connectivity index (χ3n) is 3.45. The van der Waals surface area contributed by atoms with Gasteiger partial charge < -0.3 is 15.3 Å². The van der Waals surface area contributed by atoms with Crippen molar-refractivity contribution in [1.29, 1.82) is 0 Å². The highest BCUT2D eigenvalue weighted by Gasteiger charge is 2.15. The van der Waals surface area contributed by atoms with Crippen molar-refractivity contribution < 1.29 is 0 Å². The van der Waals surface area contributed by atoms with Crippen molar-refractivity contribution in [3.05, 3.63) is 55.4 Å². The molecule has 7 heteroatoms. The molecule has 0 saturated carbocycles. The monoisotopic (exact) mass is 291 g/mol. The van der Waals surface area contributed by atoms with Crippen LogP contribution in [0, 0.1) is 0 Å². The molecule has 0 radical (unpaired) electrons. The van der Waals surface area contributed by atoms with Crippen LogP contribution in [0.15, 0.2) is 49.6 Å². The maximum atomic E-state index is 4.59. The minimum Gasteiger partial charge on any atom is -0.355 e. The first-order chi connectivity index (χ1) is 10.8. The van der Waals surface area contributed by atoms with Crippen molar-refractivity contribution in [3.63, 3.8) is 0 Å². The summed E-state index contributed by atoms with van der Waals surface area (Å²) in [7, 11) is 0. The summed E-state index contributed by atoms with van der Waals surface area (Å²) in [6.45, 7) is 3.88. The van der Waals surface area contributed by atoms with E-state index in [1.807, 2.05) is 24.3 Å². The van der Waals surface area contributed by atoms with Crippen LogP contribution in [-0.2, 0) is 0 Å². The fourth-order valence-electron chi connectivity index (χ4n) is 2.38. The number of para-hydroxylation sites is 2. The average Bonchev–Trinajstić information content (AvgIpc) is 3.18. The highest BCUT2D eigenvalue weighted by Crippen LogP contribution is 2.23. The predicted molar refractivity (Wildman–Crippen MR) is 84.3 cm³/mol. The van der Waals surface area contributed by atoms with Crippen molar-refractivity contribution in [3.8, 4) is 0 Å². The summed E-state index contributed by atoms with van der Waals surface area (Å²) in [6, 6.07) is 7.69. The lowest BCUT2D eigenvalue weighted by molar-refractivity contribution is 0.886. The van der Waals surface area contributed by atoms with Gasteiger partial charge in [-0.1, -0.05) is 18.2 Å². The van der Waals surface area contributed by atoms with Crippen LogP contribution in [0.3, 0.4) is 0 Å². The van der Waals surface area contributed by atoms with Crippen LogP contribution in [0.5, 0.6) is 0 Å². The number of nitrogens with zero attached hydrogens (tertiary/aromatic N) is 4. The molecule has 1 aromatic carbocycles. The highest BCUT2D eigenvalue weighted by molar-refractivity contribution is 5.82. The summed E-state index contributed by atoms with van der Waals surface area (Å²) in [5, 5.41) is 3.30. The van der Waals surface area contributed by atoms with E-state index in [0.717, 1.165) is 22.4 Å². The second-order valence-corrected chi connectivity index (χ2v) is 4.82. The molecule has 0 aliphatic rings. The molecular formula is C15H13N7. The molecule has 0 bridgehead atoms. The standard InChI is InChI=1S/C15H13N7/c1-2-9(13-21-10-5-3-4-6-11(10)22-13)20-15-12-14(17-7-16-12)18-8-19-15/h2-9H,1H2,(H,21,22)(H2,16,17,18,19,20). The number of hydrogen-bond acceptors (Lipinski definition) is 5. The van der Waals surface area contributed by atoms with Gasteiger partial charge in [0.05, 0.1) is 17.4 Å². The Balaban J connectivity index is 1.73. The van der Waals surface area contributed by atoms with E-state index in [-0.39, 0.29) is 6.04 Å². The largest absolute Gasteiger partial charge is 0.355 e. The van der Waals surface area contributed by atoms with E-state index in [9.17, 15) is 0 Å². The van der Waals surface area contributed by atoms with Gasteiger partial charge in [-0.15, -0.1) is 6.58 Å². The third-order valence-corrected chi connectivity index (χ3v) is 3.45. The summed E-state index contributed by atoms with van der Waals surface area (Å²) in [6.07, 6.45) is 4.85. The lowest BCUT2D eigenvalue weighted by Gasteiger charge is -2.13. The molecule has 3 aromatic heterocycles. The molecule has 3 N–H and O–H groups in total. The molecule has 0 aliphatic heterocycles. The summed E-state index contributed by atoms with van der Waals surface area (Å²) in [5.41, 5.74) is 3.27. The van der Waals surface area contributed by atoms with Crippen molar-refractivity contribution in [2.75, 3.05) is 5.32 Å². The Hall–Kier alpha value is -3.22. The zero-order chi connectivity index (χ0) is 14.9. The molecule has 108 valence electrons. The number of hydrogen-bond donors (Lipinski definition) is 3. The Morgan fingerprint density at radius 1 is 1.18 bits per heavy atom. The smallest absolute Gasteiger partial charge is 0.182 e. The number of rotatable bonds is 4. The molecular weight excluding hydrogens is 278 g/mol. The van der Waals surface area contributed by atoms with Crippen LogP contribution in [0.4, 0.5) is 5.82 Å². The zero-order valence-electron chi connectivity index (χ0n) is 11.6. The maximum Gasteiger partial charge on any atom is 0.182 e. The Kier molecular flexibility index (Phi) is 2.82. The Bertz CT molecular complexity index is 920. The maximum absolute atomic E-state index is 4.59. The molecule has 1 unspecified atom stereocenters. The van der Waals surface area contributed by atoms with E-state index < -0.39 is 0 Å². The number of benzene rings is 1. The predicted octanol–water partition coefficient (Wildman–Crippen LogP) is 2.57. The Morgan fingerprint density at radius 3 is 2.95 bits per heavy atom. The van der Waals surface area contributed by atoms with Crippen molar-refractivity contribution in [1.82, 2.24) is 29.9 Å². The zero-order valence-corrected chi connectivity index (χ0v) is 11.6. The molecule has 0 fully saturated rings. The fourth-order valence-corrected chi connectivity index (χ4v) is 2.38. The Morgan fingerprint density at radius 2 is 2.09 bits per heavy atom. The van der Waals surface area contributed by atoms with E-state index in [1.165, 1.54) is 6.33 Å². The summed E-state index contributed by atoms with van der Waals surface area (Å²) >= 11 is 0. The van der Waals surface area contributed by atoms with Crippen LogP contribution >= 0.6 is 0 Å². The number of H-pyrrole nitrogens is 2. The van der Waals surface area contributed by atoms with Crippen molar-refractivity contribution in [2.45, 2.75) is 6.04 Å². The van der Waals surface area contributed by atoms with Gasteiger partial charge in [0, 0.05) is 0 Å². The third kappa shape index (κ3) is 1.99. The lowest BCUT2D eigenvalue weighted by Crippen LogP contribution is -2.11. The normalized spacial score (nSPS) is 12.5. The van der Waals surface area contributed by atoms with Gasteiger partial charge in [-0.2, -0.15) is 0 Å². The first-order valence-electron chi connectivity index (χ1n) is 6.83. The van der Waals surface area contributed by atoms with Crippen LogP contribution in [0.2, 0.25) is 0 Å². The lowest BCUT2D eigenvalue weighted by atomic mass is 10.2. The summed E-state index contributed by atoms with van der Waals surface area (Å²) in [4.78, 5) is 23.4. The number of aromatic amines is 2. The van der Waals surface area contributed by atoms with Gasteiger partial charge in [-0.25, -0.2) is 19.9 Å². The van der Waals surface area contributed by atoms with Crippen molar-refractivity contribution >= 4 is 28.0 Å². The summed E-state index contributed by atoms with van der Waals surface area (Å²) < 4.78 is 0.